The molecule has 1 heterocycles. The molecule has 19 heavy (non-hydrogen) atoms. The van der Waals surface area contributed by atoms with Gasteiger partial charge in [0.1, 0.15) is 5.52 Å². The summed E-state index contributed by atoms with van der Waals surface area (Å²) in [7, 11) is 0. The second kappa shape index (κ2) is 5.31. The van der Waals surface area contributed by atoms with Crippen LogP contribution in [0.4, 0.5) is 0 Å². The molecule has 0 saturated heterocycles. The van der Waals surface area contributed by atoms with Gasteiger partial charge in [-0.25, -0.2) is 4.98 Å². The van der Waals surface area contributed by atoms with Crippen molar-refractivity contribution in [1.29, 1.82) is 0 Å². The van der Waals surface area contributed by atoms with E-state index < -0.39 is 0 Å². The number of nitrogens with two attached hydrogens (primary N) is 1. The van der Waals surface area contributed by atoms with Crippen molar-refractivity contribution in [3.63, 3.8) is 0 Å². The van der Waals surface area contributed by atoms with E-state index in [1.165, 1.54) is 5.56 Å². The highest BCUT2D eigenvalue weighted by Gasteiger charge is 2.21. The Hall–Kier alpha value is -1.39. The van der Waals surface area contributed by atoms with Crippen molar-refractivity contribution in [2.45, 2.75) is 39.2 Å². The normalized spacial score (nSPS) is 13.9. The first kappa shape index (κ1) is 14.0. The number of hydrogen-bond donors (Lipinski definition) is 2. The standard InChI is InChI=1S/C15H23N3O/c1-10(16)8-17-9-15(3,4)12-5-6-13-14(7-12)19-11(2)18-13/h5-7,10,17H,8-9,16H2,1-4H3. The Labute approximate surface area is 114 Å². The Morgan fingerprint density at radius 2 is 2.16 bits per heavy atom. The van der Waals surface area contributed by atoms with Gasteiger partial charge in [0.05, 0.1) is 0 Å². The Morgan fingerprint density at radius 1 is 1.42 bits per heavy atom. The van der Waals surface area contributed by atoms with Crippen molar-refractivity contribution in [3.8, 4) is 0 Å². The van der Waals surface area contributed by atoms with E-state index in [9.17, 15) is 0 Å². The van der Waals surface area contributed by atoms with Gasteiger partial charge in [-0.15, -0.1) is 0 Å². The van der Waals surface area contributed by atoms with Crippen molar-refractivity contribution < 1.29 is 4.42 Å². The minimum Gasteiger partial charge on any atom is -0.441 e. The molecule has 1 aromatic heterocycles. The fraction of sp³-hybridized carbons (Fsp3) is 0.533. The van der Waals surface area contributed by atoms with E-state index >= 15 is 0 Å². The second-order valence-electron chi connectivity index (χ2n) is 5.91. The fourth-order valence-corrected chi connectivity index (χ4v) is 2.18. The van der Waals surface area contributed by atoms with Crippen LogP contribution in [0.15, 0.2) is 22.6 Å². The summed E-state index contributed by atoms with van der Waals surface area (Å²) in [6.07, 6.45) is 0. The number of aryl methyl sites for hydroxylation is 1. The molecule has 0 amide bonds. The molecule has 0 fully saturated rings. The van der Waals surface area contributed by atoms with Crippen LogP contribution in [0.3, 0.4) is 0 Å². The molecule has 2 aromatic rings. The average Bonchev–Trinajstić information content (AvgIpc) is 2.67. The third-order valence-corrected chi connectivity index (χ3v) is 3.31. The van der Waals surface area contributed by atoms with Crippen LogP contribution in [0, 0.1) is 6.92 Å². The summed E-state index contributed by atoms with van der Waals surface area (Å²) in [5.41, 5.74) is 8.80. The topological polar surface area (TPSA) is 64.1 Å². The monoisotopic (exact) mass is 261 g/mol. The molecule has 3 N–H and O–H groups in total. The number of hydrogen-bond acceptors (Lipinski definition) is 4. The SMILES string of the molecule is Cc1nc2ccc(C(C)(C)CNCC(C)N)cc2o1. The molecule has 4 nitrogen and oxygen atoms in total. The summed E-state index contributed by atoms with van der Waals surface area (Å²) in [4.78, 5) is 4.32. The number of oxazole rings is 1. The average molecular weight is 261 g/mol. The zero-order valence-electron chi connectivity index (χ0n) is 12.2. The van der Waals surface area contributed by atoms with Crippen LogP contribution in [0.5, 0.6) is 0 Å². The second-order valence-corrected chi connectivity index (χ2v) is 5.91. The van der Waals surface area contributed by atoms with Crippen molar-refractivity contribution in [3.05, 3.63) is 29.7 Å². The molecule has 104 valence electrons. The molecule has 1 atom stereocenters. The molecule has 1 aromatic carbocycles. The summed E-state index contributed by atoms with van der Waals surface area (Å²) < 4.78 is 5.59. The van der Waals surface area contributed by atoms with Gasteiger partial charge in [-0.1, -0.05) is 19.9 Å². The summed E-state index contributed by atoms with van der Waals surface area (Å²) in [6.45, 7) is 10.0. The lowest BCUT2D eigenvalue weighted by molar-refractivity contribution is 0.458. The lowest BCUT2D eigenvalue weighted by Gasteiger charge is -2.26. The zero-order chi connectivity index (χ0) is 14.0. The maximum atomic E-state index is 5.75. The van der Waals surface area contributed by atoms with Crippen molar-refractivity contribution in [2.75, 3.05) is 13.1 Å². The molecule has 4 heteroatoms. The number of fused-ring (bicyclic) bond motifs is 1. The molecule has 0 aliphatic rings. The van der Waals surface area contributed by atoms with E-state index in [2.05, 4.69) is 36.3 Å². The molecule has 0 spiro atoms. The van der Waals surface area contributed by atoms with Crippen LogP contribution in [-0.2, 0) is 5.41 Å². The third-order valence-electron chi connectivity index (χ3n) is 3.31. The van der Waals surface area contributed by atoms with Gasteiger partial charge in [0.15, 0.2) is 11.5 Å². The third kappa shape index (κ3) is 3.33. The smallest absolute Gasteiger partial charge is 0.192 e. The van der Waals surface area contributed by atoms with Gasteiger partial charge < -0.3 is 15.5 Å². The minimum absolute atomic E-state index is 0.0315. The lowest BCUT2D eigenvalue weighted by atomic mass is 9.84. The Morgan fingerprint density at radius 3 is 2.84 bits per heavy atom. The molecule has 2 rings (SSSR count). The Kier molecular flexibility index (Phi) is 3.92. The Balaban J connectivity index is 2.16. The van der Waals surface area contributed by atoms with E-state index in [0.717, 1.165) is 24.2 Å². The lowest BCUT2D eigenvalue weighted by Crippen LogP contribution is -2.38. The van der Waals surface area contributed by atoms with Crippen LogP contribution in [-0.4, -0.2) is 24.1 Å². The summed E-state index contributed by atoms with van der Waals surface area (Å²) >= 11 is 0. The van der Waals surface area contributed by atoms with E-state index in [0.29, 0.717) is 5.89 Å². The highest BCUT2D eigenvalue weighted by atomic mass is 16.3. The zero-order valence-corrected chi connectivity index (χ0v) is 12.2. The predicted molar refractivity (Wildman–Crippen MR) is 78.3 cm³/mol. The van der Waals surface area contributed by atoms with E-state index in [1.807, 2.05) is 19.9 Å². The quantitative estimate of drug-likeness (QED) is 0.867. The number of aromatic nitrogens is 1. The Bertz CT molecular complexity index is 558. The van der Waals surface area contributed by atoms with Gasteiger partial charge in [0, 0.05) is 31.5 Å². The first-order valence-electron chi connectivity index (χ1n) is 6.72. The number of nitrogens with zero attached hydrogens (tertiary/aromatic N) is 1. The highest BCUT2D eigenvalue weighted by molar-refractivity contribution is 5.73. The van der Waals surface area contributed by atoms with Gasteiger partial charge in [-0.3, -0.25) is 0 Å². The molecule has 0 radical (unpaired) electrons. The molecular weight excluding hydrogens is 238 g/mol. The maximum absolute atomic E-state index is 5.75. The molecule has 1 unspecified atom stereocenters. The maximum Gasteiger partial charge on any atom is 0.192 e. The van der Waals surface area contributed by atoms with E-state index in [1.54, 1.807) is 0 Å². The fourth-order valence-electron chi connectivity index (χ4n) is 2.18. The van der Waals surface area contributed by atoms with Crippen LogP contribution in [0.1, 0.15) is 32.2 Å². The van der Waals surface area contributed by atoms with Crippen LogP contribution >= 0.6 is 0 Å². The molecular formula is C15H23N3O. The van der Waals surface area contributed by atoms with Gasteiger partial charge in [-0.05, 0) is 24.6 Å². The number of benzene rings is 1. The number of rotatable bonds is 5. The van der Waals surface area contributed by atoms with Gasteiger partial charge in [0.25, 0.3) is 0 Å². The van der Waals surface area contributed by atoms with Gasteiger partial charge in [-0.2, -0.15) is 0 Å². The number of nitrogens with one attached hydrogen (secondary N) is 1. The van der Waals surface area contributed by atoms with E-state index in [4.69, 9.17) is 10.2 Å². The molecule has 0 aliphatic carbocycles. The largest absolute Gasteiger partial charge is 0.441 e. The van der Waals surface area contributed by atoms with Gasteiger partial charge >= 0.3 is 0 Å². The molecule has 0 saturated carbocycles. The minimum atomic E-state index is 0.0315. The van der Waals surface area contributed by atoms with Crippen LogP contribution in [0.2, 0.25) is 0 Å². The molecule has 0 bridgehead atoms. The van der Waals surface area contributed by atoms with Crippen LogP contribution < -0.4 is 11.1 Å². The highest BCUT2D eigenvalue weighted by Crippen LogP contribution is 2.26. The van der Waals surface area contributed by atoms with E-state index in [-0.39, 0.29) is 11.5 Å². The van der Waals surface area contributed by atoms with Crippen molar-refractivity contribution in [1.82, 2.24) is 10.3 Å². The molecule has 0 aliphatic heterocycles. The van der Waals surface area contributed by atoms with Crippen LogP contribution in [0.25, 0.3) is 11.1 Å². The summed E-state index contributed by atoms with van der Waals surface area (Å²) in [5.74, 6) is 0.708. The van der Waals surface area contributed by atoms with Crippen molar-refractivity contribution >= 4 is 11.1 Å². The first-order valence-corrected chi connectivity index (χ1v) is 6.72. The van der Waals surface area contributed by atoms with Crippen molar-refractivity contribution in [2.24, 2.45) is 5.73 Å². The summed E-state index contributed by atoms with van der Waals surface area (Å²) in [6, 6.07) is 6.41. The first-order chi connectivity index (χ1) is 8.88. The predicted octanol–water partition coefficient (Wildman–Crippen LogP) is 2.35. The summed E-state index contributed by atoms with van der Waals surface area (Å²) in [5, 5.41) is 3.41. The van der Waals surface area contributed by atoms with Gasteiger partial charge in [0.2, 0.25) is 0 Å².